The van der Waals surface area contributed by atoms with Gasteiger partial charge in [0.25, 0.3) is 0 Å². The third kappa shape index (κ3) is 3.43. The summed E-state index contributed by atoms with van der Waals surface area (Å²) in [6, 6.07) is 11.5. The summed E-state index contributed by atoms with van der Waals surface area (Å²) in [6.07, 6.45) is 14.4. The SMILES string of the molecule is CCC(CC)C(C)CCC1c2ccc(C3=CCC=C3)cc2-c2c1ccc1c2CCC1=O. The van der Waals surface area contributed by atoms with Crippen LogP contribution in [0.5, 0.6) is 0 Å². The second kappa shape index (κ2) is 8.26. The standard InChI is InChI=1S/C30H34O/c1-4-20(5-2)19(3)10-12-23-24-13-11-22(21-8-6-7-9-21)18-28(24)30-26(23)15-14-25-27(30)16-17-29(25)31/h6,8-9,11,13-15,18-20,23H,4-5,7,10,12,16-17H2,1-3H3. The van der Waals surface area contributed by atoms with Crippen molar-refractivity contribution >= 4 is 11.4 Å². The van der Waals surface area contributed by atoms with E-state index in [1.807, 2.05) is 0 Å². The van der Waals surface area contributed by atoms with E-state index in [1.54, 1.807) is 0 Å². The second-order valence-electron chi connectivity index (χ2n) is 9.76. The summed E-state index contributed by atoms with van der Waals surface area (Å²) >= 11 is 0. The highest BCUT2D eigenvalue weighted by atomic mass is 16.1. The zero-order valence-electron chi connectivity index (χ0n) is 19.2. The van der Waals surface area contributed by atoms with Crippen LogP contribution in [0.15, 0.2) is 48.6 Å². The number of carbonyl (C=O) groups is 1. The molecule has 0 heterocycles. The van der Waals surface area contributed by atoms with Crippen LogP contribution in [0.3, 0.4) is 0 Å². The highest BCUT2D eigenvalue weighted by Crippen LogP contribution is 2.51. The molecule has 0 spiro atoms. The quantitative estimate of drug-likeness (QED) is 0.450. The number of hydrogen-bond acceptors (Lipinski definition) is 1. The molecular formula is C30H34O. The van der Waals surface area contributed by atoms with Gasteiger partial charge >= 0.3 is 0 Å². The molecule has 0 N–H and O–H groups in total. The van der Waals surface area contributed by atoms with Crippen LogP contribution in [-0.2, 0) is 6.42 Å². The summed E-state index contributed by atoms with van der Waals surface area (Å²) in [7, 11) is 0. The van der Waals surface area contributed by atoms with Crippen LogP contribution >= 0.6 is 0 Å². The number of fused-ring (bicyclic) bond motifs is 5. The third-order valence-corrected chi connectivity index (χ3v) is 8.19. The Morgan fingerprint density at radius 3 is 2.55 bits per heavy atom. The van der Waals surface area contributed by atoms with E-state index in [0.717, 1.165) is 30.2 Å². The first-order valence-electron chi connectivity index (χ1n) is 12.3. The molecule has 2 atom stereocenters. The number of carbonyl (C=O) groups excluding carboxylic acids is 1. The fourth-order valence-corrected chi connectivity index (χ4v) is 6.33. The Kier molecular flexibility index (Phi) is 5.46. The molecule has 2 aromatic rings. The summed E-state index contributed by atoms with van der Waals surface area (Å²) in [6.45, 7) is 7.11. The monoisotopic (exact) mass is 410 g/mol. The van der Waals surface area contributed by atoms with Crippen molar-refractivity contribution in [3.05, 3.63) is 76.4 Å². The van der Waals surface area contributed by atoms with Crippen molar-refractivity contribution in [2.24, 2.45) is 11.8 Å². The molecule has 0 aromatic heterocycles. The van der Waals surface area contributed by atoms with Crippen molar-refractivity contribution in [2.45, 2.75) is 71.6 Å². The van der Waals surface area contributed by atoms with Gasteiger partial charge in [-0.05, 0) is 82.5 Å². The summed E-state index contributed by atoms with van der Waals surface area (Å²) in [4.78, 5) is 12.5. The van der Waals surface area contributed by atoms with Crippen molar-refractivity contribution in [2.75, 3.05) is 0 Å². The molecule has 0 bridgehead atoms. The first-order chi connectivity index (χ1) is 15.1. The van der Waals surface area contributed by atoms with Gasteiger partial charge in [0.05, 0.1) is 0 Å². The minimum Gasteiger partial charge on any atom is -0.294 e. The van der Waals surface area contributed by atoms with Crippen molar-refractivity contribution in [1.82, 2.24) is 0 Å². The predicted molar refractivity (Wildman–Crippen MR) is 131 cm³/mol. The molecule has 0 saturated heterocycles. The first kappa shape index (κ1) is 20.5. The molecule has 160 valence electrons. The summed E-state index contributed by atoms with van der Waals surface area (Å²) < 4.78 is 0. The average molecular weight is 411 g/mol. The van der Waals surface area contributed by atoms with E-state index in [1.165, 1.54) is 64.6 Å². The summed E-state index contributed by atoms with van der Waals surface area (Å²) in [5, 5.41) is 0. The average Bonchev–Trinajstić information content (AvgIpc) is 3.51. The lowest BCUT2D eigenvalue weighted by molar-refractivity contribution is 0.0994. The second-order valence-corrected chi connectivity index (χ2v) is 9.76. The minimum absolute atomic E-state index is 0.322. The molecule has 0 amide bonds. The van der Waals surface area contributed by atoms with E-state index in [2.05, 4.69) is 69.3 Å². The number of benzene rings is 2. The van der Waals surface area contributed by atoms with E-state index in [-0.39, 0.29) is 0 Å². The Balaban J connectivity index is 1.56. The zero-order valence-corrected chi connectivity index (χ0v) is 19.2. The van der Waals surface area contributed by atoms with Crippen LogP contribution in [0, 0.1) is 11.8 Å². The van der Waals surface area contributed by atoms with Gasteiger partial charge in [0, 0.05) is 17.9 Å². The van der Waals surface area contributed by atoms with Gasteiger partial charge < -0.3 is 0 Å². The molecular weight excluding hydrogens is 376 g/mol. The fraction of sp³-hybridized carbons (Fsp3) is 0.433. The molecule has 0 saturated carbocycles. The molecule has 31 heavy (non-hydrogen) atoms. The minimum atomic E-state index is 0.322. The topological polar surface area (TPSA) is 17.1 Å². The fourth-order valence-electron chi connectivity index (χ4n) is 6.33. The van der Waals surface area contributed by atoms with Crippen LogP contribution in [0.25, 0.3) is 16.7 Å². The van der Waals surface area contributed by atoms with E-state index in [0.29, 0.717) is 18.1 Å². The van der Waals surface area contributed by atoms with Crippen LogP contribution < -0.4 is 0 Å². The van der Waals surface area contributed by atoms with E-state index < -0.39 is 0 Å². The molecule has 0 fully saturated rings. The predicted octanol–water partition coefficient (Wildman–Crippen LogP) is 8.12. The van der Waals surface area contributed by atoms with Gasteiger partial charge in [0.1, 0.15) is 0 Å². The van der Waals surface area contributed by atoms with Gasteiger partial charge in [-0.1, -0.05) is 76.1 Å². The molecule has 1 nitrogen and oxygen atoms in total. The van der Waals surface area contributed by atoms with Crippen LogP contribution in [0.1, 0.15) is 97.8 Å². The molecule has 3 aliphatic carbocycles. The molecule has 2 aromatic carbocycles. The number of ketones is 1. The summed E-state index contributed by atoms with van der Waals surface area (Å²) in [5.74, 6) is 2.36. The van der Waals surface area contributed by atoms with Crippen molar-refractivity contribution in [1.29, 1.82) is 0 Å². The molecule has 5 rings (SSSR count). The Morgan fingerprint density at radius 1 is 1.00 bits per heavy atom. The number of hydrogen-bond donors (Lipinski definition) is 0. The number of Topliss-reactive ketones (excluding diaryl/α,β-unsaturated/α-hetero) is 1. The van der Waals surface area contributed by atoms with Crippen molar-refractivity contribution in [3.8, 4) is 11.1 Å². The van der Waals surface area contributed by atoms with Crippen LogP contribution in [0.2, 0.25) is 0 Å². The van der Waals surface area contributed by atoms with Gasteiger partial charge in [0.2, 0.25) is 0 Å². The van der Waals surface area contributed by atoms with E-state index in [9.17, 15) is 4.79 Å². The lowest BCUT2D eigenvalue weighted by Gasteiger charge is -2.23. The van der Waals surface area contributed by atoms with E-state index in [4.69, 9.17) is 0 Å². The summed E-state index contributed by atoms with van der Waals surface area (Å²) in [5.41, 5.74) is 10.7. The van der Waals surface area contributed by atoms with Gasteiger partial charge in [-0.25, -0.2) is 0 Å². The molecule has 0 radical (unpaired) electrons. The molecule has 2 unspecified atom stereocenters. The molecule has 0 aliphatic heterocycles. The Hall–Kier alpha value is -2.41. The first-order valence-corrected chi connectivity index (χ1v) is 12.3. The van der Waals surface area contributed by atoms with Crippen LogP contribution in [0.4, 0.5) is 0 Å². The van der Waals surface area contributed by atoms with Gasteiger partial charge in [-0.3, -0.25) is 4.79 Å². The number of allylic oxidation sites excluding steroid dienone is 4. The normalized spacial score (nSPS) is 19.5. The third-order valence-electron chi connectivity index (χ3n) is 8.19. The smallest absolute Gasteiger partial charge is 0.163 e. The molecule has 3 aliphatic rings. The maximum atomic E-state index is 12.5. The van der Waals surface area contributed by atoms with Gasteiger partial charge in [0.15, 0.2) is 5.78 Å². The maximum Gasteiger partial charge on any atom is 0.163 e. The Bertz CT molecular complexity index is 1080. The lowest BCUT2D eigenvalue weighted by Crippen LogP contribution is -2.11. The molecule has 1 heteroatoms. The van der Waals surface area contributed by atoms with Gasteiger partial charge in [-0.15, -0.1) is 0 Å². The zero-order chi connectivity index (χ0) is 21.5. The highest BCUT2D eigenvalue weighted by Gasteiger charge is 2.35. The Labute approximate surface area is 187 Å². The number of rotatable bonds is 7. The Morgan fingerprint density at radius 2 is 1.81 bits per heavy atom. The van der Waals surface area contributed by atoms with Crippen molar-refractivity contribution < 1.29 is 4.79 Å². The lowest BCUT2D eigenvalue weighted by atomic mass is 9.82. The van der Waals surface area contributed by atoms with Gasteiger partial charge in [-0.2, -0.15) is 0 Å². The van der Waals surface area contributed by atoms with Crippen LogP contribution in [-0.4, -0.2) is 5.78 Å². The largest absolute Gasteiger partial charge is 0.294 e. The van der Waals surface area contributed by atoms with E-state index >= 15 is 0 Å². The highest BCUT2D eigenvalue weighted by molar-refractivity contribution is 6.04. The maximum absolute atomic E-state index is 12.5. The van der Waals surface area contributed by atoms with Crippen molar-refractivity contribution in [3.63, 3.8) is 0 Å².